The molecule has 0 spiro atoms. The number of carboxylic acids is 1. The van der Waals surface area contributed by atoms with E-state index in [1.807, 2.05) is 38.1 Å². The highest BCUT2D eigenvalue weighted by Gasteiger charge is 2.31. The molecule has 0 radical (unpaired) electrons. The molecule has 2 atom stereocenters. The molecule has 0 aliphatic heterocycles. The molecule has 0 fully saturated rings. The van der Waals surface area contributed by atoms with Gasteiger partial charge in [-0.05, 0) is 35.1 Å². The predicted octanol–water partition coefficient (Wildman–Crippen LogP) is 3.78. The number of amides is 2. The van der Waals surface area contributed by atoms with E-state index in [1.54, 1.807) is 6.92 Å². The monoisotopic (exact) mass is 438 g/mol. The van der Waals surface area contributed by atoms with Crippen LogP contribution in [0.15, 0.2) is 48.5 Å². The topological polar surface area (TPSA) is 105 Å². The summed E-state index contributed by atoms with van der Waals surface area (Å²) < 4.78 is 5.57. The normalized spacial score (nSPS) is 14.2. The van der Waals surface area contributed by atoms with Crippen LogP contribution in [0.3, 0.4) is 0 Å². The minimum Gasteiger partial charge on any atom is -0.481 e. The molecule has 0 heterocycles. The van der Waals surface area contributed by atoms with E-state index < -0.39 is 24.0 Å². The number of aliphatic carboxylic acids is 1. The zero-order valence-corrected chi connectivity index (χ0v) is 18.6. The number of carbonyl (C=O) groups excluding carboxylic acids is 2. The van der Waals surface area contributed by atoms with Crippen molar-refractivity contribution in [3.8, 4) is 11.1 Å². The van der Waals surface area contributed by atoms with E-state index in [0.29, 0.717) is 0 Å². The summed E-state index contributed by atoms with van der Waals surface area (Å²) in [6.07, 6.45) is -0.728. The van der Waals surface area contributed by atoms with Gasteiger partial charge in [-0.2, -0.15) is 0 Å². The first-order valence-corrected chi connectivity index (χ1v) is 10.9. The van der Waals surface area contributed by atoms with Crippen LogP contribution >= 0.6 is 0 Å². The maximum atomic E-state index is 12.5. The molecule has 2 aromatic carbocycles. The molecule has 0 bridgehead atoms. The highest BCUT2D eigenvalue weighted by molar-refractivity contribution is 5.81. The fourth-order valence-corrected chi connectivity index (χ4v) is 4.43. The number of carboxylic acid groups (broad SMARTS) is 1. The number of hydrogen-bond acceptors (Lipinski definition) is 4. The van der Waals surface area contributed by atoms with E-state index >= 15 is 0 Å². The van der Waals surface area contributed by atoms with Gasteiger partial charge in [-0.3, -0.25) is 9.59 Å². The van der Waals surface area contributed by atoms with Crippen LogP contribution in [0.5, 0.6) is 0 Å². The van der Waals surface area contributed by atoms with Gasteiger partial charge in [0.1, 0.15) is 6.61 Å². The zero-order valence-electron chi connectivity index (χ0n) is 18.6. The van der Waals surface area contributed by atoms with Gasteiger partial charge in [0.05, 0.1) is 12.3 Å². The molecule has 0 saturated heterocycles. The van der Waals surface area contributed by atoms with Crippen LogP contribution in [0.2, 0.25) is 0 Å². The molecule has 2 aromatic rings. The van der Waals surface area contributed by atoms with E-state index in [4.69, 9.17) is 9.84 Å². The maximum absolute atomic E-state index is 12.5. The zero-order chi connectivity index (χ0) is 23.3. The second-order valence-electron chi connectivity index (χ2n) is 8.46. The summed E-state index contributed by atoms with van der Waals surface area (Å²) in [5, 5.41) is 14.2. The van der Waals surface area contributed by atoms with Crippen molar-refractivity contribution in [1.29, 1.82) is 0 Å². The maximum Gasteiger partial charge on any atom is 0.407 e. The quantitative estimate of drug-likeness (QED) is 0.553. The average molecular weight is 439 g/mol. The number of nitrogens with one attached hydrogen (secondary N) is 2. The SMILES string of the molecule is CC(C)C(C(=O)NCCC(=O)O)C(C)NC(=O)OCC1c2ccccc2-c2ccccc21. The first-order valence-electron chi connectivity index (χ1n) is 10.9. The van der Waals surface area contributed by atoms with Gasteiger partial charge in [0.2, 0.25) is 5.91 Å². The van der Waals surface area contributed by atoms with Crippen LogP contribution in [0, 0.1) is 11.8 Å². The van der Waals surface area contributed by atoms with Crippen molar-refractivity contribution < 1.29 is 24.2 Å². The highest BCUT2D eigenvalue weighted by atomic mass is 16.5. The van der Waals surface area contributed by atoms with Crippen molar-refractivity contribution in [3.63, 3.8) is 0 Å². The van der Waals surface area contributed by atoms with Gasteiger partial charge in [0.25, 0.3) is 0 Å². The van der Waals surface area contributed by atoms with Crippen molar-refractivity contribution in [2.24, 2.45) is 11.8 Å². The smallest absolute Gasteiger partial charge is 0.407 e. The molecule has 7 heteroatoms. The van der Waals surface area contributed by atoms with E-state index in [2.05, 4.69) is 34.9 Å². The van der Waals surface area contributed by atoms with Crippen LogP contribution in [0.25, 0.3) is 11.1 Å². The van der Waals surface area contributed by atoms with E-state index in [-0.39, 0.29) is 37.3 Å². The highest BCUT2D eigenvalue weighted by Crippen LogP contribution is 2.44. The van der Waals surface area contributed by atoms with Crippen molar-refractivity contribution in [2.45, 2.75) is 39.2 Å². The number of ether oxygens (including phenoxy) is 1. The lowest BCUT2D eigenvalue weighted by molar-refractivity contribution is -0.137. The minimum atomic E-state index is -0.976. The molecule has 0 aromatic heterocycles. The Balaban J connectivity index is 1.60. The summed E-state index contributed by atoms with van der Waals surface area (Å²) in [6, 6.07) is 15.8. The third kappa shape index (κ3) is 5.28. The Bertz CT molecular complexity index is 942. The van der Waals surface area contributed by atoms with Crippen LogP contribution in [-0.4, -0.2) is 42.3 Å². The van der Waals surface area contributed by atoms with E-state index in [9.17, 15) is 14.4 Å². The van der Waals surface area contributed by atoms with Crippen LogP contribution < -0.4 is 10.6 Å². The Hall–Kier alpha value is -3.35. The molecule has 3 N–H and O–H groups in total. The first kappa shape index (κ1) is 23.3. The Morgan fingerprint density at radius 2 is 1.53 bits per heavy atom. The Morgan fingerprint density at radius 1 is 0.969 bits per heavy atom. The number of carbonyl (C=O) groups is 3. The molecule has 3 rings (SSSR count). The summed E-state index contributed by atoms with van der Waals surface area (Å²) in [7, 11) is 0. The number of alkyl carbamates (subject to hydrolysis) is 1. The number of fused-ring (bicyclic) bond motifs is 3. The molecular weight excluding hydrogens is 408 g/mol. The third-order valence-electron chi connectivity index (χ3n) is 5.89. The fourth-order valence-electron chi connectivity index (χ4n) is 4.43. The second kappa shape index (κ2) is 10.3. The van der Waals surface area contributed by atoms with Crippen LogP contribution in [0.1, 0.15) is 44.2 Å². The summed E-state index contributed by atoms with van der Waals surface area (Å²) >= 11 is 0. The lowest BCUT2D eigenvalue weighted by atomic mass is 9.88. The Kier molecular flexibility index (Phi) is 7.51. The van der Waals surface area contributed by atoms with Crippen molar-refractivity contribution in [1.82, 2.24) is 10.6 Å². The lowest BCUT2D eigenvalue weighted by Gasteiger charge is -2.27. The number of rotatable bonds is 9. The minimum absolute atomic E-state index is 0.0383. The summed E-state index contributed by atoms with van der Waals surface area (Å²) in [5.41, 5.74) is 4.58. The molecular formula is C25H30N2O5. The molecule has 1 aliphatic carbocycles. The molecule has 0 saturated carbocycles. The third-order valence-corrected chi connectivity index (χ3v) is 5.89. The predicted molar refractivity (Wildman–Crippen MR) is 121 cm³/mol. The lowest BCUT2D eigenvalue weighted by Crippen LogP contribution is -2.48. The van der Waals surface area contributed by atoms with Gasteiger partial charge in [-0.25, -0.2) is 4.79 Å². The summed E-state index contributed by atoms with van der Waals surface area (Å²) in [4.78, 5) is 35.8. The molecule has 1 aliphatic rings. The van der Waals surface area contributed by atoms with Crippen molar-refractivity contribution >= 4 is 18.0 Å². The van der Waals surface area contributed by atoms with Gasteiger partial charge in [-0.1, -0.05) is 62.4 Å². The van der Waals surface area contributed by atoms with E-state index in [1.165, 1.54) is 0 Å². The Morgan fingerprint density at radius 3 is 2.06 bits per heavy atom. The van der Waals surface area contributed by atoms with Crippen LogP contribution in [-0.2, 0) is 14.3 Å². The number of benzene rings is 2. The van der Waals surface area contributed by atoms with Gasteiger partial charge in [-0.15, -0.1) is 0 Å². The van der Waals surface area contributed by atoms with Gasteiger partial charge < -0.3 is 20.5 Å². The molecule has 170 valence electrons. The average Bonchev–Trinajstić information content (AvgIpc) is 3.05. The molecule has 2 amide bonds. The van der Waals surface area contributed by atoms with E-state index in [0.717, 1.165) is 22.3 Å². The summed E-state index contributed by atoms with van der Waals surface area (Å²) in [6.45, 7) is 5.77. The standard InChI is InChI=1S/C25H30N2O5/c1-15(2)23(24(30)26-13-12-22(28)29)16(3)27-25(31)32-14-21-19-10-6-4-8-17(19)18-9-5-7-11-20(18)21/h4-11,15-16,21,23H,12-14H2,1-3H3,(H,26,30)(H,27,31)(H,28,29). The van der Waals surface area contributed by atoms with Gasteiger partial charge in [0.15, 0.2) is 0 Å². The molecule has 2 unspecified atom stereocenters. The van der Waals surface area contributed by atoms with Crippen molar-refractivity contribution in [3.05, 3.63) is 59.7 Å². The summed E-state index contributed by atoms with van der Waals surface area (Å²) in [5.74, 6) is -1.86. The second-order valence-corrected chi connectivity index (χ2v) is 8.46. The molecule has 32 heavy (non-hydrogen) atoms. The van der Waals surface area contributed by atoms with Crippen molar-refractivity contribution in [2.75, 3.05) is 13.2 Å². The number of hydrogen-bond donors (Lipinski definition) is 3. The van der Waals surface area contributed by atoms with Gasteiger partial charge >= 0.3 is 12.1 Å². The fraction of sp³-hybridized carbons (Fsp3) is 0.400. The van der Waals surface area contributed by atoms with Gasteiger partial charge in [0, 0.05) is 18.5 Å². The van der Waals surface area contributed by atoms with Crippen LogP contribution in [0.4, 0.5) is 4.79 Å². The Labute approximate surface area is 188 Å². The first-order chi connectivity index (χ1) is 15.3. The molecule has 7 nitrogen and oxygen atoms in total. The largest absolute Gasteiger partial charge is 0.481 e.